The van der Waals surface area contributed by atoms with Crippen LogP contribution in [0.25, 0.3) is 0 Å². The van der Waals surface area contributed by atoms with Gasteiger partial charge in [0.05, 0.1) is 21.9 Å². The largest absolute Gasteiger partial charge is 0.356 e. The summed E-state index contributed by atoms with van der Waals surface area (Å²) >= 11 is 3.31. The SMILES string of the molecule is O=C(NNc1ncnc(NN(c2ccccc2)c2ccccc2)c1[N+](=O)[O-])c1ccccc1Br. The molecule has 0 unspecified atom stereocenters. The van der Waals surface area contributed by atoms with Crippen LogP contribution < -0.4 is 21.3 Å². The van der Waals surface area contributed by atoms with Gasteiger partial charge in [-0.15, -0.1) is 0 Å². The van der Waals surface area contributed by atoms with Crippen LogP contribution in [0.4, 0.5) is 28.7 Å². The van der Waals surface area contributed by atoms with Crippen molar-refractivity contribution >= 4 is 50.5 Å². The molecule has 10 nitrogen and oxygen atoms in total. The van der Waals surface area contributed by atoms with Gasteiger partial charge in [-0.3, -0.25) is 36.2 Å². The molecule has 170 valence electrons. The summed E-state index contributed by atoms with van der Waals surface area (Å²) in [6.07, 6.45) is 1.16. The van der Waals surface area contributed by atoms with Crippen molar-refractivity contribution in [3.05, 3.63) is 111 Å². The minimum atomic E-state index is -0.622. The summed E-state index contributed by atoms with van der Waals surface area (Å²) in [7, 11) is 0. The molecule has 3 aromatic carbocycles. The Hall–Kier alpha value is -4.51. The number of carbonyl (C=O) groups is 1. The second-order valence-electron chi connectivity index (χ2n) is 6.85. The van der Waals surface area contributed by atoms with E-state index >= 15 is 0 Å². The van der Waals surface area contributed by atoms with Crippen molar-refractivity contribution in [1.82, 2.24) is 15.4 Å². The van der Waals surface area contributed by atoms with Crippen LogP contribution in [0.3, 0.4) is 0 Å². The summed E-state index contributed by atoms with van der Waals surface area (Å²) in [5.74, 6) is -0.737. The number of benzene rings is 3. The maximum Gasteiger partial charge on any atom is 0.356 e. The lowest BCUT2D eigenvalue weighted by Crippen LogP contribution is -2.31. The zero-order valence-electron chi connectivity index (χ0n) is 17.6. The fraction of sp³-hybridized carbons (Fsp3) is 0. The van der Waals surface area contributed by atoms with Gasteiger partial charge >= 0.3 is 5.69 Å². The van der Waals surface area contributed by atoms with Crippen molar-refractivity contribution in [1.29, 1.82) is 0 Å². The van der Waals surface area contributed by atoms with E-state index in [4.69, 9.17) is 0 Å². The number of rotatable bonds is 8. The minimum absolute atomic E-state index is 0.0645. The summed E-state index contributed by atoms with van der Waals surface area (Å²) in [6.45, 7) is 0. The molecule has 34 heavy (non-hydrogen) atoms. The summed E-state index contributed by atoms with van der Waals surface area (Å²) in [6, 6.07) is 25.4. The molecule has 0 bridgehead atoms. The predicted molar refractivity (Wildman–Crippen MR) is 133 cm³/mol. The fourth-order valence-electron chi connectivity index (χ4n) is 3.09. The lowest BCUT2D eigenvalue weighted by Gasteiger charge is -2.26. The van der Waals surface area contributed by atoms with Crippen LogP contribution in [0.2, 0.25) is 0 Å². The minimum Gasteiger partial charge on any atom is -0.276 e. The zero-order valence-corrected chi connectivity index (χ0v) is 19.1. The van der Waals surface area contributed by atoms with Crippen LogP contribution in [0.1, 0.15) is 10.4 Å². The van der Waals surface area contributed by atoms with Crippen LogP contribution in [0, 0.1) is 10.1 Å². The number of nitro groups is 1. The van der Waals surface area contributed by atoms with E-state index in [1.54, 1.807) is 29.3 Å². The standard InChI is InChI=1S/C23H18BrN7O3/c24-19-14-8-7-13-18(19)23(32)28-27-21-20(31(33)34)22(26-15-25-21)29-30(16-9-3-1-4-10-16)17-11-5-2-6-12-17/h1-15H,(H,28,32)(H2,25,26,27,29). The Balaban J connectivity index is 1.64. The summed E-state index contributed by atoms with van der Waals surface area (Å²) in [5.41, 5.74) is 9.37. The van der Waals surface area contributed by atoms with E-state index in [1.807, 2.05) is 60.7 Å². The summed E-state index contributed by atoms with van der Waals surface area (Å²) in [5, 5.41) is 13.6. The van der Waals surface area contributed by atoms with E-state index in [1.165, 1.54) is 0 Å². The molecule has 0 aliphatic heterocycles. The molecule has 0 saturated heterocycles. The normalized spacial score (nSPS) is 10.3. The first kappa shape index (κ1) is 22.7. The van der Waals surface area contributed by atoms with E-state index in [0.717, 1.165) is 17.7 Å². The number of carbonyl (C=O) groups excluding carboxylic acids is 1. The molecule has 1 amide bonds. The molecule has 11 heteroatoms. The Morgan fingerprint density at radius 1 is 0.853 bits per heavy atom. The van der Waals surface area contributed by atoms with E-state index < -0.39 is 16.5 Å². The average Bonchev–Trinajstić information content (AvgIpc) is 2.87. The summed E-state index contributed by atoms with van der Waals surface area (Å²) < 4.78 is 0.579. The zero-order chi connectivity index (χ0) is 23.9. The number of aromatic nitrogens is 2. The number of nitrogens with zero attached hydrogens (tertiary/aromatic N) is 4. The van der Waals surface area contributed by atoms with Crippen molar-refractivity contribution in [3.63, 3.8) is 0 Å². The first-order valence-corrected chi connectivity index (χ1v) is 10.8. The Labute approximate surface area is 202 Å². The lowest BCUT2D eigenvalue weighted by atomic mass is 10.2. The fourth-order valence-corrected chi connectivity index (χ4v) is 3.56. The molecular weight excluding hydrogens is 502 g/mol. The van der Waals surface area contributed by atoms with Crippen LogP contribution in [0.5, 0.6) is 0 Å². The Morgan fingerprint density at radius 3 is 2.00 bits per heavy atom. The van der Waals surface area contributed by atoms with E-state index in [-0.39, 0.29) is 11.6 Å². The third-order valence-corrected chi connectivity index (χ3v) is 5.36. The number of nitrogens with one attached hydrogen (secondary N) is 3. The van der Waals surface area contributed by atoms with E-state index in [9.17, 15) is 14.9 Å². The van der Waals surface area contributed by atoms with Crippen molar-refractivity contribution in [2.45, 2.75) is 0 Å². The van der Waals surface area contributed by atoms with Gasteiger partial charge in [-0.05, 0) is 52.3 Å². The van der Waals surface area contributed by atoms with Gasteiger partial charge in [0.25, 0.3) is 5.91 Å². The highest BCUT2D eigenvalue weighted by Gasteiger charge is 2.26. The molecule has 0 spiro atoms. The van der Waals surface area contributed by atoms with Crippen LogP contribution in [0.15, 0.2) is 95.7 Å². The van der Waals surface area contributed by atoms with Gasteiger partial charge in [0.1, 0.15) is 6.33 Å². The molecule has 4 aromatic rings. The third kappa shape index (κ3) is 5.10. The maximum atomic E-state index is 12.5. The first-order valence-electron chi connectivity index (χ1n) is 10.0. The maximum absolute atomic E-state index is 12.5. The number of anilines is 4. The molecule has 0 aliphatic rings. The highest BCUT2D eigenvalue weighted by molar-refractivity contribution is 9.10. The molecular formula is C23H18BrN7O3. The molecule has 3 N–H and O–H groups in total. The van der Waals surface area contributed by atoms with Crippen LogP contribution in [-0.4, -0.2) is 20.8 Å². The number of para-hydroxylation sites is 2. The Morgan fingerprint density at radius 2 is 1.41 bits per heavy atom. The molecule has 4 rings (SSSR count). The van der Waals surface area contributed by atoms with Crippen molar-refractivity contribution < 1.29 is 9.72 Å². The highest BCUT2D eigenvalue weighted by atomic mass is 79.9. The van der Waals surface area contributed by atoms with Gasteiger partial charge in [0.15, 0.2) is 0 Å². The number of halogens is 1. The van der Waals surface area contributed by atoms with Gasteiger partial charge in [0.2, 0.25) is 11.6 Å². The second kappa shape index (κ2) is 10.4. The quantitative estimate of drug-likeness (QED) is 0.217. The van der Waals surface area contributed by atoms with Gasteiger partial charge in [-0.1, -0.05) is 48.5 Å². The molecule has 0 fully saturated rings. The number of hydrogen-bond donors (Lipinski definition) is 3. The highest BCUT2D eigenvalue weighted by Crippen LogP contribution is 2.32. The van der Waals surface area contributed by atoms with Gasteiger partial charge < -0.3 is 0 Å². The molecule has 0 aliphatic carbocycles. The van der Waals surface area contributed by atoms with E-state index in [2.05, 4.69) is 42.2 Å². The first-order chi connectivity index (χ1) is 16.5. The van der Waals surface area contributed by atoms with E-state index in [0.29, 0.717) is 10.0 Å². The molecule has 0 radical (unpaired) electrons. The van der Waals surface area contributed by atoms with Crippen LogP contribution in [-0.2, 0) is 0 Å². The number of amides is 1. The van der Waals surface area contributed by atoms with Gasteiger partial charge in [-0.25, -0.2) is 9.97 Å². The summed E-state index contributed by atoms with van der Waals surface area (Å²) in [4.78, 5) is 31.9. The molecule has 0 saturated carbocycles. The predicted octanol–water partition coefficient (Wildman–Crippen LogP) is 5.07. The topological polar surface area (TPSA) is 125 Å². The van der Waals surface area contributed by atoms with Crippen molar-refractivity contribution in [2.75, 3.05) is 15.9 Å². The Kier molecular flexibility index (Phi) is 6.94. The molecule has 1 heterocycles. The second-order valence-corrected chi connectivity index (χ2v) is 7.71. The monoisotopic (exact) mass is 519 g/mol. The van der Waals surface area contributed by atoms with Crippen molar-refractivity contribution in [2.24, 2.45) is 0 Å². The van der Waals surface area contributed by atoms with Gasteiger partial charge in [-0.2, -0.15) is 0 Å². The average molecular weight is 520 g/mol. The Bertz CT molecular complexity index is 1270. The van der Waals surface area contributed by atoms with Crippen LogP contribution >= 0.6 is 15.9 Å². The van der Waals surface area contributed by atoms with Gasteiger partial charge in [0, 0.05) is 4.47 Å². The lowest BCUT2D eigenvalue weighted by molar-refractivity contribution is -0.383. The molecule has 0 atom stereocenters. The number of hydrazine groups is 2. The van der Waals surface area contributed by atoms with Crippen molar-refractivity contribution in [3.8, 4) is 0 Å². The third-order valence-electron chi connectivity index (χ3n) is 4.66. The smallest absolute Gasteiger partial charge is 0.276 e. The number of hydrogen-bond acceptors (Lipinski definition) is 8. The molecule has 1 aromatic heterocycles.